The SMILES string of the molecule is Cc1ncc(C(=O)NCc2cc3nc(-c4cccc(N5CCO[C@H](C)C5)n4)ccc3cn2)cc1S(C)(=O)=O.FC(F)F.[HH]. The molecule has 10 nitrogen and oxygen atoms in total. The number of aryl methyl sites for hydroxylation is 1. The fourth-order valence-electron chi connectivity index (χ4n) is 4.35. The first-order chi connectivity index (χ1) is 19.9. The first-order valence-electron chi connectivity index (χ1n) is 12.9. The van der Waals surface area contributed by atoms with E-state index in [4.69, 9.17) is 14.7 Å². The minimum atomic E-state index is -3.67. The third-order valence-electron chi connectivity index (χ3n) is 6.32. The molecule has 14 heteroatoms. The number of amides is 1. The number of hydrogen-bond acceptors (Lipinski definition) is 9. The highest BCUT2D eigenvalue weighted by Gasteiger charge is 2.19. The number of nitrogens with one attached hydrogen (secondary N) is 1. The van der Waals surface area contributed by atoms with E-state index in [2.05, 4.69) is 27.1 Å². The van der Waals surface area contributed by atoms with Crippen LogP contribution >= 0.6 is 0 Å². The van der Waals surface area contributed by atoms with Gasteiger partial charge in [0, 0.05) is 38.6 Å². The quantitative estimate of drug-likeness (QED) is 0.341. The summed E-state index contributed by atoms with van der Waals surface area (Å²) < 4.78 is 58.6. The van der Waals surface area contributed by atoms with Crippen LogP contribution in [0.3, 0.4) is 0 Å². The Morgan fingerprint density at radius 1 is 1.12 bits per heavy atom. The Bertz CT molecular complexity index is 1690. The van der Waals surface area contributed by atoms with Gasteiger partial charge in [-0.05, 0) is 50.2 Å². The number of anilines is 1. The molecule has 1 N–H and O–H groups in total. The number of pyridine rings is 4. The summed E-state index contributed by atoms with van der Waals surface area (Å²) in [7, 11) is -3.50. The number of fused-ring (bicyclic) bond motifs is 1. The van der Waals surface area contributed by atoms with Crippen molar-refractivity contribution in [3.63, 3.8) is 0 Å². The van der Waals surface area contributed by atoms with Gasteiger partial charge < -0.3 is 15.0 Å². The lowest BCUT2D eigenvalue weighted by atomic mass is 10.2. The summed E-state index contributed by atoms with van der Waals surface area (Å²) in [6, 6.07) is 12.9. The molecule has 42 heavy (non-hydrogen) atoms. The molecule has 5 rings (SSSR count). The number of hydrogen-bond donors (Lipinski definition) is 1. The van der Waals surface area contributed by atoms with Gasteiger partial charge in [0.25, 0.3) is 5.91 Å². The van der Waals surface area contributed by atoms with Gasteiger partial charge in [0.2, 0.25) is 0 Å². The van der Waals surface area contributed by atoms with Crippen LogP contribution in [0.4, 0.5) is 19.0 Å². The zero-order valence-corrected chi connectivity index (χ0v) is 23.9. The van der Waals surface area contributed by atoms with Crippen molar-refractivity contribution < 1.29 is 32.5 Å². The molecule has 0 aromatic carbocycles. The predicted octanol–water partition coefficient (Wildman–Crippen LogP) is 4.38. The molecule has 1 saturated heterocycles. The maximum absolute atomic E-state index is 12.7. The van der Waals surface area contributed by atoms with Gasteiger partial charge in [-0.15, -0.1) is 0 Å². The van der Waals surface area contributed by atoms with Crippen LogP contribution in [0.15, 0.2) is 59.8 Å². The number of alkyl halides is 3. The highest BCUT2D eigenvalue weighted by atomic mass is 32.2. The summed E-state index contributed by atoms with van der Waals surface area (Å²) in [5.41, 5.74) is 3.36. The van der Waals surface area contributed by atoms with E-state index in [0.29, 0.717) is 18.0 Å². The van der Waals surface area contributed by atoms with Crippen molar-refractivity contribution >= 4 is 32.5 Å². The number of sulfone groups is 1. The molecule has 0 bridgehead atoms. The minimum Gasteiger partial charge on any atom is -0.375 e. The number of halogens is 3. The second kappa shape index (κ2) is 13.2. The largest absolute Gasteiger partial charge is 0.379 e. The molecule has 4 aromatic heterocycles. The summed E-state index contributed by atoms with van der Waals surface area (Å²) in [5, 5.41) is 3.64. The smallest absolute Gasteiger partial charge is 0.375 e. The zero-order valence-electron chi connectivity index (χ0n) is 23.1. The number of rotatable bonds is 6. The standard InChI is InChI=1S/C27H28N6O4S.CHF3.H2/c1-17-16-33(9-10-37-17)26-6-4-5-22(32-26)23-8-7-19-13-29-21(12-24(19)31-23)15-30-27(34)20-11-25(38(3,35)36)18(2)28-14-20;2-1(3)4;/h4-8,11-14,17H,9-10,15-16H2,1-3H3,(H,30,34);1H;1H/t17-;;/m1../s1. The van der Waals surface area contributed by atoms with Crippen LogP contribution in [-0.4, -0.2) is 73.0 Å². The van der Waals surface area contributed by atoms with E-state index >= 15 is 0 Å². The summed E-state index contributed by atoms with van der Waals surface area (Å²) in [4.78, 5) is 33.1. The molecule has 4 aromatic rings. The second-order valence-corrected chi connectivity index (χ2v) is 11.6. The van der Waals surface area contributed by atoms with Crippen molar-refractivity contribution in [1.29, 1.82) is 0 Å². The molecule has 0 radical (unpaired) electrons. The van der Waals surface area contributed by atoms with E-state index in [-0.39, 0.29) is 24.5 Å². The second-order valence-electron chi connectivity index (χ2n) is 9.58. The normalized spacial score (nSPS) is 15.3. The molecule has 0 unspecified atom stereocenters. The number of carbonyl (C=O) groups is 1. The average Bonchev–Trinajstić information content (AvgIpc) is 2.95. The average molecular weight is 605 g/mol. The Kier molecular flexibility index (Phi) is 9.68. The van der Waals surface area contributed by atoms with Crippen molar-refractivity contribution in [2.24, 2.45) is 0 Å². The van der Waals surface area contributed by atoms with Gasteiger partial charge in [0.05, 0.1) is 58.0 Å². The minimum absolute atomic E-state index is 0. The summed E-state index contributed by atoms with van der Waals surface area (Å²) >= 11 is 0. The van der Waals surface area contributed by atoms with E-state index in [1.54, 1.807) is 13.1 Å². The molecular weight excluding hydrogens is 573 g/mol. The van der Waals surface area contributed by atoms with Gasteiger partial charge in [-0.3, -0.25) is 14.8 Å². The van der Waals surface area contributed by atoms with Crippen LogP contribution in [0.25, 0.3) is 22.3 Å². The number of ether oxygens (including phenoxy) is 1. The predicted molar refractivity (Wildman–Crippen MR) is 153 cm³/mol. The van der Waals surface area contributed by atoms with E-state index < -0.39 is 22.4 Å². The van der Waals surface area contributed by atoms with Crippen LogP contribution in [0, 0.1) is 6.92 Å². The van der Waals surface area contributed by atoms with Crippen LogP contribution in [-0.2, 0) is 21.1 Å². The van der Waals surface area contributed by atoms with Gasteiger partial charge in [-0.25, -0.2) is 18.4 Å². The van der Waals surface area contributed by atoms with Gasteiger partial charge in [0.15, 0.2) is 9.84 Å². The maximum atomic E-state index is 12.7. The Hall–Kier alpha value is -4.17. The fraction of sp³-hybridized carbons (Fsp3) is 0.321. The Balaban J connectivity index is 0.000000954. The van der Waals surface area contributed by atoms with Crippen LogP contribution in [0.2, 0.25) is 0 Å². The van der Waals surface area contributed by atoms with Gasteiger partial charge in [-0.1, -0.05) is 6.07 Å². The van der Waals surface area contributed by atoms with Crippen LogP contribution in [0.5, 0.6) is 0 Å². The lowest BCUT2D eigenvalue weighted by Crippen LogP contribution is -2.41. The van der Waals surface area contributed by atoms with Crippen LogP contribution < -0.4 is 10.2 Å². The number of aromatic nitrogens is 4. The Morgan fingerprint density at radius 3 is 2.57 bits per heavy atom. The van der Waals surface area contributed by atoms with Crippen molar-refractivity contribution in [3.8, 4) is 11.4 Å². The molecule has 0 aliphatic carbocycles. The summed E-state index contributed by atoms with van der Waals surface area (Å²) in [6.07, 6.45) is 4.32. The van der Waals surface area contributed by atoms with Crippen molar-refractivity contribution in [3.05, 3.63) is 71.8 Å². The molecule has 0 saturated carbocycles. The molecule has 1 fully saturated rings. The van der Waals surface area contributed by atoms with Crippen molar-refractivity contribution in [1.82, 2.24) is 25.3 Å². The zero-order chi connectivity index (χ0) is 30.4. The number of morpholine rings is 1. The van der Waals surface area contributed by atoms with Crippen molar-refractivity contribution in [2.75, 3.05) is 30.9 Å². The third kappa shape index (κ3) is 7.97. The summed E-state index contributed by atoms with van der Waals surface area (Å²) in [5.74, 6) is 0.451. The molecule has 1 aliphatic rings. The molecule has 5 heterocycles. The highest BCUT2D eigenvalue weighted by molar-refractivity contribution is 7.90. The molecule has 224 valence electrons. The molecule has 1 aliphatic heterocycles. The van der Waals surface area contributed by atoms with E-state index in [9.17, 15) is 26.4 Å². The van der Waals surface area contributed by atoms with E-state index in [0.717, 1.165) is 47.5 Å². The topological polar surface area (TPSA) is 127 Å². The number of carbonyl (C=O) groups excluding carboxylic acids is 1. The first-order valence-corrected chi connectivity index (χ1v) is 14.8. The van der Waals surface area contributed by atoms with E-state index in [1.165, 1.54) is 12.3 Å². The lowest BCUT2D eigenvalue weighted by molar-refractivity contribution is 0.00818. The monoisotopic (exact) mass is 604 g/mol. The van der Waals surface area contributed by atoms with Crippen LogP contribution in [0.1, 0.15) is 30.1 Å². The molecular formula is C28H31F3N6O4S. The number of nitrogens with zero attached hydrogens (tertiary/aromatic N) is 5. The fourth-order valence-corrected chi connectivity index (χ4v) is 5.28. The third-order valence-corrected chi connectivity index (χ3v) is 7.54. The lowest BCUT2D eigenvalue weighted by Gasteiger charge is -2.32. The Labute approximate surface area is 242 Å². The van der Waals surface area contributed by atoms with Gasteiger partial charge >= 0.3 is 6.68 Å². The molecule has 0 spiro atoms. The Morgan fingerprint density at radius 2 is 1.86 bits per heavy atom. The molecule has 1 atom stereocenters. The van der Waals surface area contributed by atoms with Crippen molar-refractivity contribution in [2.45, 2.75) is 38.1 Å². The molecule has 1 amide bonds. The van der Waals surface area contributed by atoms with Gasteiger partial charge in [0.1, 0.15) is 5.82 Å². The van der Waals surface area contributed by atoms with E-state index in [1.807, 2.05) is 36.4 Å². The summed E-state index contributed by atoms with van der Waals surface area (Å²) in [6.45, 7) is 2.38. The maximum Gasteiger partial charge on any atom is 0.379 e. The van der Waals surface area contributed by atoms with Gasteiger partial charge in [-0.2, -0.15) is 13.2 Å². The first kappa shape index (κ1) is 30.8. The highest BCUT2D eigenvalue weighted by Crippen LogP contribution is 2.23.